The molecule has 2 heteroatoms. The van der Waals surface area contributed by atoms with E-state index in [0.717, 1.165) is 0 Å². The molecule has 0 spiro atoms. The van der Waals surface area contributed by atoms with E-state index in [1.807, 2.05) is 13.8 Å². The van der Waals surface area contributed by atoms with E-state index in [1.165, 1.54) is 0 Å². The van der Waals surface area contributed by atoms with Gasteiger partial charge in [-0.2, -0.15) is 0 Å². The summed E-state index contributed by atoms with van der Waals surface area (Å²) in [5.41, 5.74) is 0. The zero-order chi connectivity index (χ0) is 6.57. The first-order chi connectivity index (χ1) is 3.72. The third-order valence-corrected chi connectivity index (χ3v) is 0.939. The number of rotatable bonds is 2. The Balaban J connectivity index is 3.57. The molecule has 0 aliphatic heterocycles. The SMILES string of the molecule is [C-]#[N+]C(OC)C(C)C. The van der Waals surface area contributed by atoms with E-state index in [4.69, 9.17) is 11.3 Å². The quantitative estimate of drug-likeness (QED) is 0.495. The first kappa shape index (κ1) is 7.45. The van der Waals surface area contributed by atoms with Gasteiger partial charge in [-0.3, -0.25) is 4.85 Å². The summed E-state index contributed by atoms with van der Waals surface area (Å²) in [4.78, 5) is 3.23. The molecule has 0 saturated heterocycles. The second-order valence-corrected chi connectivity index (χ2v) is 2.00. The molecule has 1 unspecified atom stereocenters. The average molecular weight is 113 g/mol. The van der Waals surface area contributed by atoms with Crippen molar-refractivity contribution in [3.8, 4) is 0 Å². The summed E-state index contributed by atoms with van der Waals surface area (Å²) < 4.78 is 4.81. The first-order valence-corrected chi connectivity index (χ1v) is 2.61. The second kappa shape index (κ2) is 3.45. The third kappa shape index (κ3) is 1.94. The third-order valence-electron chi connectivity index (χ3n) is 0.939. The van der Waals surface area contributed by atoms with Crippen molar-refractivity contribution in [3.63, 3.8) is 0 Å². The molecular formula is C6H11NO. The van der Waals surface area contributed by atoms with Crippen LogP contribution in [-0.4, -0.2) is 13.3 Å². The largest absolute Gasteiger partial charge is 0.329 e. The molecule has 2 nitrogen and oxygen atoms in total. The van der Waals surface area contributed by atoms with Gasteiger partial charge in [-0.1, -0.05) is 13.8 Å². The van der Waals surface area contributed by atoms with Gasteiger partial charge in [0, 0.05) is 7.11 Å². The van der Waals surface area contributed by atoms with Crippen LogP contribution in [0.4, 0.5) is 0 Å². The molecule has 0 bridgehead atoms. The molecule has 46 valence electrons. The van der Waals surface area contributed by atoms with E-state index in [0.29, 0.717) is 5.92 Å². The van der Waals surface area contributed by atoms with E-state index in [-0.39, 0.29) is 6.23 Å². The van der Waals surface area contributed by atoms with E-state index < -0.39 is 0 Å². The summed E-state index contributed by atoms with van der Waals surface area (Å²) in [6, 6.07) is 0. The molecule has 0 radical (unpaired) electrons. The Bertz CT molecular complexity index is 93.2. The van der Waals surface area contributed by atoms with Gasteiger partial charge in [0.15, 0.2) is 0 Å². The number of nitrogens with zero attached hydrogens (tertiary/aromatic N) is 1. The fourth-order valence-corrected chi connectivity index (χ4v) is 0.474. The molecule has 0 heterocycles. The van der Waals surface area contributed by atoms with E-state index in [9.17, 15) is 0 Å². The highest BCUT2D eigenvalue weighted by Gasteiger charge is 2.14. The maximum Gasteiger partial charge on any atom is 0.329 e. The zero-order valence-corrected chi connectivity index (χ0v) is 5.51. The van der Waals surface area contributed by atoms with Crippen LogP contribution in [0.5, 0.6) is 0 Å². The summed E-state index contributed by atoms with van der Waals surface area (Å²) >= 11 is 0. The minimum absolute atomic E-state index is 0.255. The second-order valence-electron chi connectivity index (χ2n) is 2.00. The molecule has 0 aromatic heterocycles. The lowest BCUT2D eigenvalue weighted by Gasteiger charge is -2.03. The lowest BCUT2D eigenvalue weighted by molar-refractivity contribution is 0.101. The summed E-state index contributed by atoms with van der Waals surface area (Å²) in [6.07, 6.45) is -0.255. The van der Waals surface area contributed by atoms with Gasteiger partial charge in [0.05, 0.1) is 5.92 Å². The molecule has 0 aliphatic rings. The van der Waals surface area contributed by atoms with Crippen molar-refractivity contribution >= 4 is 0 Å². The predicted molar refractivity (Wildman–Crippen MR) is 32.2 cm³/mol. The number of hydrogen-bond donors (Lipinski definition) is 0. The fourth-order valence-electron chi connectivity index (χ4n) is 0.474. The van der Waals surface area contributed by atoms with Crippen molar-refractivity contribution in [2.45, 2.75) is 20.1 Å². The lowest BCUT2D eigenvalue weighted by Crippen LogP contribution is -2.12. The Morgan fingerprint density at radius 2 is 2.00 bits per heavy atom. The average Bonchev–Trinajstić information content (AvgIpc) is 1.69. The summed E-state index contributed by atoms with van der Waals surface area (Å²) in [7, 11) is 1.56. The maximum atomic E-state index is 6.59. The molecule has 0 N–H and O–H groups in total. The highest BCUT2D eigenvalue weighted by molar-refractivity contribution is 4.70. The highest BCUT2D eigenvalue weighted by atomic mass is 16.5. The van der Waals surface area contributed by atoms with E-state index in [2.05, 4.69) is 4.85 Å². The van der Waals surface area contributed by atoms with Gasteiger partial charge in [-0.15, -0.1) is 0 Å². The molecule has 0 aliphatic carbocycles. The lowest BCUT2D eigenvalue weighted by atomic mass is 10.2. The normalized spacial score (nSPS) is 13.4. The summed E-state index contributed by atoms with van der Waals surface area (Å²) in [5.74, 6) is 0.303. The summed E-state index contributed by atoms with van der Waals surface area (Å²) in [5, 5.41) is 0. The molecular weight excluding hydrogens is 102 g/mol. The van der Waals surface area contributed by atoms with Crippen LogP contribution in [-0.2, 0) is 4.74 Å². The minimum atomic E-state index is -0.255. The number of methoxy groups -OCH3 is 1. The van der Waals surface area contributed by atoms with Crippen LogP contribution < -0.4 is 0 Å². The fraction of sp³-hybridized carbons (Fsp3) is 0.833. The molecule has 0 amide bonds. The van der Waals surface area contributed by atoms with Crippen LogP contribution >= 0.6 is 0 Å². The van der Waals surface area contributed by atoms with Crippen molar-refractivity contribution in [2.24, 2.45) is 5.92 Å². The number of hydrogen-bond acceptors (Lipinski definition) is 1. The molecule has 0 fully saturated rings. The smallest absolute Gasteiger partial charge is 0.314 e. The van der Waals surface area contributed by atoms with Gasteiger partial charge < -0.3 is 4.74 Å². The molecule has 0 aromatic carbocycles. The van der Waals surface area contributed by atoms with Crippen LogP contribution in [0.25, 0.3) is 4.85 Å². The topological polar surface area (TPSA) is 13.6 Å². The van der Waals surface area contributed by atoms with Crippen molar-refractivity contribution in [3.05, 3.63) is 11.4 Å². The van der Waals surface area contributed by atoms with E-state index >= 15 is 0 Å². The van der Waals surface area contributed by atoms with Crippen molar-refractivity contribution < 1.29 is 4.74 Å². The van der Waals surface area contributed by atoms with Gasteiger partial charge in [-0.25, -0.2) is 6.57 Å². The monoisotopic (exact) mass is 113 g/mol. The Kier molecular flexibility index (Phi) is 3.21. The molecule has 0 aromatic rings. The van der Waals surface area contributed by atoms with Gasteiger partial charge in [0.25, 0.3) is 0 Å². The van der Waals surface area contributed by atoms with E-state index in [1.54, 1.807) is 7.11 Å². The standard InChI is InChI=1S/C6H11NO/c1-5(2)6(7-3)8-4/h5-6H,1-2,4H3. The zero-order valence-electron chi connectivity index (χ0n) is 5.51. The molecule has 0 saturated carbocycles. The Hall–Kier alpha value is -0.550. The van der Waals surface area contributed by atoms with Crippen molar-refractivity contribution in [2.75, 3.05) is 7.11 Å². The first-order valence-electron chi connectivity index (χ1n) is 2.61. The highest BCUT2D eigenvalue weighted by Crippen LogP contribution is 2.04. The van der Waals surface area contributed by atoms with Crippen LogP contribution in [0.15, 0.2) is 0 Å². The van der Waals surface area contributed by atoms with Crippen LogP contribution in [0.1, 0.15) is 13.8 Å². The Morgan fingerprint density at radius 1 is 1.50 bits per heavy atom. The van der Waals surface area contributed by atoms with Gasteiger partial charge in [0.2, 0.25) is 0 Å². The number of ether oxygens (including phenoxy) is 1. The van der Waals surface area contributed by atoms with Gasteiger partial charge >= 0.3 is 6.23 Å². The Morgan fingerprint density at radius 3 is 2.00 bits per heavy atom. The Labute approximate surface area is 50.3 Å². The summed E-state index contributed by atoms with van der Waals surface area (Å²) in [6.45, 7) is 10.5. The van der Waals surface area contributed by atoms with Crippen molar-refractivity contribution in [1.29, 1.82) is 0 Å². The molecule has 1 atom stereocenters. The van der Waals surface area contributed by atoms with Crippen LogP contribution in [0.2, 0.25) is 0 Å². The predicted octanol–water partition coefficient (Wildman–Crippen LogP) is 1.53. The maximum absolute atomic E-state index is 6.59. The van der Waals surface area contributed by atoms with Gasteiger partial charge in [-0.05, 0) is 0 Å². The molecule has 8 heavy (non-hydrogen) atoms. The van der Waals surface area contributed by atoms with Crippen LogP contribution in [0.3, 0.4) is 0 Å². The minimum Gasteiger partial charge on any atom is -0.314 e. The molecule has 0 rings (SSSR count). The van der Waals surface area contributed by atoms with Crippen molar-refractivity contribution in [1.82, 2.24) is 0 Å². The van der Waals surface area contributed by atoms with Gasteiger partial charge in [0.1, 0.15) is 0 Å². The van der Waals surface area contributed by atoms with Crippen LogP contribution in [0, 0.1) is 12.5 Å².